The topological polar surface area (TPSA) is 35.6 Å². The minimum Gasteiger partial charge on any atom is -0.376 e. The van der Waals surface area contributed by atoms with Gasteiger partial charge in [-0.05, 0) is 36.6 Å². The number of nitrogens with one attached hydrogen (secondary N) is 1. The summed E-state index contributed by atoms with van der Waals surface area (Å²) in [6, 6.07) is 7.47. The number of benzene rings is 1. The Morgan fingerprint density at radius 2 is 2.00 bits per heavy atom. The maximum atomic E-state index is 12.4. The van der Waals surface area contributed by atoms with Gasteiger partial charge in [-0.15, -0.1) is 0 Å². The van der Waals surface area contributed by atoms with Gasteiger partial charge in [-0.25, -0.2) is 0 Å². The summed E-state index contributed by atoms with van der Waals surface area (Å²) in [5.41, 5.74) is 1.18. The molecule has 1 amide bonds. The highest BCUT2D eigenvalue weighted by molar-refractivity contribution is 6.30. The van der Waals surface area contributed by atoms with Crippen molar-refractivity contribution < 1.29 is 4.79 Å². The molecule has 0 aromatic heterocycles. The Hall–Kier alpha value is -1.26. The molecule has 1 N–H and O–H groups in total. The molecule has 0 spiro atoms. The van der Waals surface area contributed by atoms with Crippen LogP contribution in [-0.2, 0) is 4.79 Å². The highest BCUT2D eigenvalue weighted by Gasteiger charge is 2.22. The Morgan fingerprint density at radius 3 is 2.70 bits per heavy atom. The minimum atomic E-state index is 0.155. The van der Waals surface area contributed by atoms with E-state index in [0.717, 1.165) is 44.8 Å². The molecule has 1 aromatic rings. The van der Waals surface area contributed by atoms with Crippen molar-refractivity contribution in [2.24, 2.45) is 5.41 Å². The van der Waals surface area contributed by atoms with Crippen LogP contribution in [-0.4, -0.2) is 55.0 Å². The molecule has 0 saturated carbocycles. The summed E-state index contributed by atoms with van der Waals surface area (Å²) in [7, 11) is 0. The molecule has 1 heterocycles. The second-order valence-corrected chi connectivity index (χ2v) is 7.87. The monoisotopic (exact) mass is 337 g/mol. The summed E-state index contributed by atoms with van der Waals surface area (Å²) in [5, 5.41) is 3.84. The zero-order chi connectivity index (χ0) is 16.9. The van der Waals surface area contributed by atoms with E-state index in [2.05, 4.69) is 31.0 Å². The van der Waals surface area contributed by atoms with Crippen LogP contribution in [0, 0.1) is 5.41 Å². The maximum Gasteiger partial charge on any atom is 0.241 e. The molecule has 5 heteroatoms. The Kier molecular flexibility index (Phi) is 6.31. The van der Waals surface area contributed by atoms with E-state index in [1.54, 1.807) is 0 Å². The fourth-order valence-electron chi connectivity index (χ4n) is 2.94. The Balaban J connectivity index is 1.81. The van der Waals surface area contributed by atoms with Crippen LogP contribution in [0.5, 0.6) is 0 Å². The lowest BCUT2D eigenvalue weighted by Crippen LogP contribution is -2.39. The van der Waals surface area contributed by atoms with Crippen molar-refractivity contribution in [1.82, 2.24) is 9.80 Å². The zero-order valence-corrected chi connectivity index (χ0v) is 15.2. The van der Waals surface area contributed by atoms with Gasteiger partial charge in [0, 0.05) is 36.9 Å². The maximum absolute atomic E-state index is 12.4. The number of halogens is 1. The van der Waals surface area contributed by atoms with E-state index in [1.807, 2.05) is 29.2 Å². The minimum absolute atomic E-state index is 0.155. The second kappa shape index (κ2) is 8.02. The molecular formula is C18H28ClN3O. The molecule has 1 aliphatic rings. The molecule has 0 atom stereocenters. The Labute approximate surface area is 144 Å². The van der Waals surface area contributed by atoms with Crippen LogP contribution in [0.15, 0.2) is 24.3 Å². The van der Waals surface area contributed by atoms with E-state index in [0.29, 0.717) is 17.0 Å². The number of nitrogens with zero attached hydrogens (tertiary/aromatic N) is 2. The zero-order valence-electron chi connectivity index (χ0n) is 14.4. The quantitative estimate of drug-likeness (QED) is 0.915. The third-order valence-electron chi connectivity index (χ3n) is 3.91. The van der Waals surface area contributed by atoms with E-state index in [4.69, 9.17) is 11.6 Å². The molecule has 1 saturated heterocycles. The molecule has 1 fully saturated rings. The molecule has 2 rings (SSSR count). The standard InChI is InChI=1S/C18H28ClN3O/c1-18(2,3)14-21-8-5-9-22(11-10-21)17(23)13-20-16-7-4-6-15(19)12-16/h4,6-7,12,20H,5,8-11,13-14H2,1-3H3. The number of hydrogen-bond acceptors (Lipinski definition) is 3. The molecular weight excluding hydrogens is 310 g/mol. The molecule has 1 aromatic carbocycles. The van der Waals surface area contributed by atoms with Gasteiger partial charge in [0.1, 0.15) is 0 Å². The number of anilines is 1. The van der Waals surface area contributed by atoms with Crippen molar-refractivity contribution in [1.29, 1.82) is 0 Å². The molecule has 23 heavy (non-hydrogen) atoms. The van der Waals surface area contributed by atoms with Gasteiger partial charge in [-0.3, -0.25) is 4.79 Å². The van der Waals surface area contributed by atoms with E-state index in [9.17, 15) is 4.79 Å². The first-order valence-corrected chi connectivity index (χ1v) is 8.71. The third kappa shape index (κ3) is 6.40. The number of hydrogen-bond donors (Lipinski definition) is 1. The second-order valence-electron chi connectivity index (χ2n) is 7.44. The van der Waals surface area contributed by atoms with Gasteiger partial charge in [0.2, 0.25) is 5.91 Å². The van der Waals surface area contributed by atoms with Gasteiger partial charge in [-0.2, -0.15) is 0 Å². The molecule has 4 nitrogen and oxygen atoms in total. The average Bonchev–Trinajstić information content (AvgIpc) is 2.69. The SMILES string of the molecule is CC(C)(C)CN1CCCN(C(=O)CNc2cccc(Cl)c2)CC1. The van der Waals surface area contributed by atoms with E-state index >= 15 is 0 Å². The largest absolute Gasteiger partial charge is 0.376 e. The number of carbonyl (C=O) groups excluding carboxylic acids is 1. The molecule has 0 unspecified atom stereocenters. The van der Waals surface area contributed by atoms with Crippen molar-refractivity contribution >= 4 is 23.2 Å². The summed E-state index contributed by atoms with van der Waals surface area (Å²) in [4.78, 5) is 16.9. The molecule has 0 bridgehead atoms. The van der Waals surface area contributed by atoms with Crippen molar-refractivity contribution in [2.45, 2.75) is 27.2 Å². The van der Waals surface area contributed by atoms with Crippen LogP contribution < -0.4 is 5.32 Å². The highest BCUT2D eigenvalue weighted by atomic mass is 35.5. The van der Waals surface area contributed by atoms with Crippen LogP contribution >= 0.6 is 11.6 Å². The predicted octanol–water partition coefficient (Wildman–Crippen LogP) is 3.33. The van der Waals surface area contributed by atoms with Crippen molar-refractivity contribution in [3.05, 3.63) is 29.3 Å². The van der Waals surface area contributed by atoms with Gasteiger partial charge < -0.3 is 15.1 Å². The lowest BCUT2D eigenvalue weighted by Gasteiger charge is -2.28. The smallest absolute Gasteiger partial charge is 0.241 e. The summed E-state index contributed by atoms with van der Waals surface area (Å²) < 4.78 is 0. The van der Waals surface area contributed by atoms with Gasteiger partial charge in [-0.1, -0.05) is 38.4 Å². The summed E-state index contributed by atoms with van der Waals surface area (Å²) in [6.07, 6.45) is 1.04. The first kappa shape index (κ1) is 18.1. The van der Waals surface area contributed by atoms with Gasteiger partial charge in [0.15, 0.2) is 0 Å². The van der Waals surface area contributed by atoms with E-state index in [-0.39, 0.29) is 5.91 Å². The number of amides is 1. The van der Waals surface area contributed by atoms with Crippen molar-refractivity contribution in [3.8, 4) is 0 Å². The van der Waals surface area contributed by atoms with Gasteiger partial charge in [0.05, 0.1) is 6.54 Å². The average molecular weight is 338 g/mol. The fraction of sp³-hybridized carbons (Fsp3) is 0.611. The normalized spacial score (nSPS) is 17.0. The molecule has 1 aliphatic heterocycles. The lowest BCUT2D eigenvalue weighted by atomic mass is 9.96. The summed E-state index contributed by atoms with van der Waals surface area (Å²) in [6.45, 7) is 11.9. The van der Waals surface area contributed by atoms with Crippen LogP contribution in [0.1, 0.15) is 27.2 Å². The first-order valence-electron chi connectivity index (χ1n) is 8.33. The number of rotatable bonds is 4. The van der Waals surface area contributed by atoms with Crippen molar-refractivity contribution in [3.63, 3.8) is 0 Å². The Bertz CT molecular complexity index is 527. The fourth-order valence-corrected chi connectivity index (χ4v) is 3.13. The molecule has 128 valence electrons. The van der Waals surface area contributed by atoms with Crippen LogP contribution in [0.4, 0.5) is 5.69 Å². The van der Waals surface area contributed by atoms with Crippen LogP contribution in [0.25, 0.3) is 0 Å². The Morgan fingerprint density at radius 1 is 1.22 bits per heavy atom. The van der Waals surface area contributed by atoms with Crippen LogP contribution in [0.2, 0.25) is 5.02 Å². The van der Waals surface area contributed by atoms with E-state index in [1.165, 1.54) is 0 Å². The van der Waals surface area contributed by atoms with Gasteiger partial charge >= 0.3 is 0 Å². The third-order valence-corrected chi connectivity index (χ3v) is 4.14. The first-order chi connectivity index (χ1) is 10.8. The lowest BCUT2D eigenvalue weighted by molar-refractivity contribution is -0.129. The van der Waals surface area contributed by atoms with Gasteiger partial charge in [0.25, 0.3) is 0 Å². The van der Waals surface area contributed by atoms with Crippen molar-refractivity contribution in [2.75, 3.05) is 44.6 Å². The summed E-state index contributed by atoms with van der Waals surface area (Å²) >= 11 is 5.96. The highest BCUT2D eigenvalue weighted by Crippen LogP contribution is 2.17. The number of carbonyl (C=O) groups is 1. The predicted molar refractivity (Wildman–Crippen MR) is 97.0 cm³/mol. The molecule has 0 radical (unpaired) electrons. The summed E-state index contributed by atoms with van der Waals surface area (Å²) in [5.74, 6) is 0.155. The molecule has 0 aliphatic carbocycles. The van der Waals surface area contributed by atoms with E-state index < -0.39 is 0 Å². The van der Waals surface area contributed by atoms with Crippen LogP contribution in [0.3, 0.4) is 0 Å².